The van der Waals surface area contributed by atoms with E-state index in [4.69, 9.17) is 4.74 Å². The van der Waals surface area contributed by atoms with Crippen molar-refractivity contribution >= 4 is 0 Å². The lowest BCUT2D eigenvalue weighted by atomic mass is 10.0. The van der Waals surface area contributed by atoms with Crippen LogP contribution in [0, 0.1) is 0 Å². The van der Waals surface area contributed by atoms with Gasteiger partial charge in [0, 0.05) is 61.1 Å². The lowest BCUT2D eigenvalue weighted by Gasteiger charge is -2.13. The molecule has 0 amide bonds. The summed E-state index contributed by atoms with van der Waals surface area (Å²) >= 11 is 0. The van der Waals surface area contributed by atoms with Crippen LogP contribution in [-0.4, -0.2) is 56.5 Å². The zero-order chi connectivity index (χ0) is 24.1. The van der Waals surface area contributed by atoms with E-state index in [1.807, 2.05) is 55.6 Å². The van der Waals surface area contributed by atoms with Gasteiger partial charge in [-0.2, -0.15) is 5.10 Å². The lowest BCUT2D eigenvalue weighted by molar-refractivity contribution is 0.264. The predicted octanol–water partition coefficient (Wildman–Crippen LogP) is 3.65. The third-order valence-corrected chi connectivity index (χ3v) is 5.74. The van der Waals surface area contributed by atoms with E-state index < -0.39 is 0 Å². The molecular weight excluding hydrogens is 428 g/mol. The molecule has 0 aliphatic rings. The first-order valence-corrected chi connectivity index (χ1v) is 11.3. The highest BCUT2D eigenvalue weighted by atomic mass is 16.5. The summed E-state index contributed by atoms with van der Waals surface area (Å²) in [6, 6.07) is 12.3. The van der Waals surface area contributed by atoms with Gasteiger partial charge in [0.15, 0.2) is 0 Å². The van der Waals surface area contributed by atoms with Gasteiger partial charge in [-0.1, -0.05) is 30.3 Å². The molecular formula is C26H30N6O2. The Balaban J connectivity index is 1.60. The molecule has 0 aliphatic carbocycles. The second-order valence-corrected chi connectivity index (χ2v) is 8.61. The van der Waals surface area contributed by atoms with Crippen molar-refractivity contribution in [3.05, 3.63) is 83.3 Å². The van der Waals surface area contributed by atoms with Gasteiger partial charge in [-0.15, -0.1) is 0 Å². The highest BCUT2D eigenvalue weighted by molar-refractivity contribution is 5.81. The number of nitrogens with zero attached hydrogens (tertiary/aromatic N) is 6. The van der Waals surface area contributed by atoms with Gasteiger partial charge < -0.3 is 14.2 Å². The molecule has 0 radical (unpaired) electrons. The molecule has 1 atom stereocenters. The topological polar surface area (TPSA) is 78.1 Å². The van der Waals surface area contributed by atoms with Crippen LogP contribution in [0.5, 0.6) is 6.01 Å². The summed E-state index contributed by atoms with van der Waals surface area (Å²) in [5.41, 5.74) is 4.38. The second-order valence-electron chi connectivity index (χ2n) is 8.61. The molecule has 0 N–H and O–H groups in total. The molecule has 0 aliphatic heterocycles. The Bertz CT molecular complexity index is 1280. The molecule has 0 saturated heterocycles. The number of ether oxygens (including phenoxy) is 1. The summed E-state index contributed by atoms with van der Waals surface area (Å²) in [5.74, 6) is 0. The van der Waals surface area contributed by atoms with E-state index in [0.717, 1.165) is 35.2 Å². The standard InChI is InChI=1S/C26H30N6O2/c1-19(20-9-6-5-7-10-20)32-17-22(16-29-32)24-18-31(4)25(33)13-23(24)21-14-27-26(28-15-21)34-12-8-11-30(2)3/h5-7,9-10,13-19H,8,11-12H2,1-4H3. The molecule has 8 nitrogen and oxygen atoms in total. The molecule has 0 bridgehead atoms. The normalized spacial score (nSPS) is 12.1. The number of aromatic nitrogens is 5. The Morgan fingerprint density at radius 3 is 2.44 bits per heavy atom. The smallest absolute Gasteiger partial charge is 0.316 e. The molecule has 0 saturated carbocycles. The van der Waals surface area contributed by atoms with Crippen molar-refractivity contribution < 1.29 is 4.74 Å². The fourth-order valence-corrected chi connectivity index (χ4v) is 3.75. The molecule has 0 fully saturated rings. The van der Waals surface area contributed by atoms with E-state index >= 15 is 0 Å². The summed E-state index contributed by atoms with van der Waals surface area (Å²) in [5, 5.41) is 4.60. The minimum Gasteiger partial charge on any atom is -0.463 e. The van der Waals surface area contributed by atoms with Gasteiger partial charge in [0.1, 0.15) is 0 Å². The SMILES string of the molecule is CC(c1ccccc1)n1cc(-c2cn(C)c(=O)cc2-c2cnc(OCCCN(C)C)nc2)cn1. The van der Waals surface area contributed by atoms with Crippen LogP contribution in [0.2, 0.25) is 0 Å². The van der Waals surface area contributed by atoms with Crippen molar-refractivity contribution in [2.75, 3.05) is 27.2 Å². The maximum atomic E-state index is 12.5. The van der Waals surface area contributed by atoms with Gasteiger partial charge in [-0.05, 0) is 38.6 Å². The van der Waals surface area contributed by atoms with Gasteiger partial charge in [-0.25, -0.2) is 9.97 Å². The van der Waals surface area contributed by atoms with Gasteiger partial charge in [-0.3, -0.25) is 9.48 Å². The largest absolute Gasteiger partial charge is 0.463 e. The van der Waals surface area contributed by atoms with E-state index in [2.05, 4.69) is 39.0 Å². The number of hydrogen-bond acceptors (Lipinski definition) is 6. The van der Waals surface area contributed by atoms with Crippen LogP contribution in [0.15, 0.2) is 72.2 Å². The number of aryl methyl sites for hydroxylation is 1. The minimum atomic E-state index is -0.104. The maximum absolute atomic E-state index is 12.5. The number of hydrogen-bond donors (Lipinski definition) is 0. The first-order chi connectivity index (χ1) is 16.4. The first kappa shape index (κ1) is 23.4. The van der Waals surface area contributed by atoms with E-state index in [1.54, 1.807) is 30.1 Å². The molecule has 4 rings (SSSR count). The lowest BCUT2D eigenvalue weighted by Crippen LogP contribution is -2.16. The number of pyridine rings is 1. The summed E-state index contributed by atoms with van der Waals surface area (Å²) in [4.78, 5) is 23.3. The molecule has 34 heavy (non-hydrogen) atoms. The molecule has 4 aromatic rings. The van der Waals surface area contributed by atoms with Crippen LogP contribution < -0.4 is 10.3 Å². The van der Waals surface area contributed by atoms with Crippen LogP contribution in [-0.2, 0) is 7.05 Å². The minimum absolute atomic E-state index is 0.0817. The highest BCUT2D eigenvalue weighted by Crippen LogP contribution is 2.31. The molecule has 1 aromatic carbocycles. The van der Waals surface area contributed by atoms with Crippen LogP contribution in [0.4, 0.5) is 0 Å². The Kier molecular flexibility index (Phi) is 7.18. The molecule has 176 valence electrons. The second kappa shape index (κ2) is 10.4. The van der Waals surface area contributed by atoms with Gasteiger partial charge >= 0.3 is 6.01 Å². The fraction of sp³-hybridized carbons (Fsp3) is 0.308. The van der Waals surface area contributed by atoms with E-state index in [0.29, 0.717) is 12.6 Å². The molecule has 3 heterocycles. The van der Waals surface area contributed by atoms with Crippen LogP contribution >= 0.6 is 0 Å². The quantitative estimate of drug-likeness (QED) is 0.356. The van der Waals surface area contributed by atoms with E-state index in [1.165, 1.54) is 5.56 Å². The van der Waals surface area contributed by atoms with Gasteiger partial charge in [0.25, 0.3) is 5.56 Å². The highest BCUT2D eigenvalue weighted by Gasteiger charge is 2.15. The summed E-state index contributed by atoms with van der Waals surface area (Å²) < 4.78 is 9.15. The van der Waals surface area contributed by atoms with Gasteiger partial charge in [0.05, 0.1) is 18.8 Å². The Morgan fingerprint density at radius 1 is 1.00 bits per heavy atom. The van der Waals surface area contributed by atoms with Crippen LogP contribution in [0.1, 0.15) is 24.9 Å². The third kappa shape index (κ3) is 5.40. The Morgan fingerprint density at radius 2 is 1.74 bits per heavy atom. The monoisotopic (exact) mass is 458 g/mol. The van der Waals surface area contributed by atoms with E-state index in [-0.39, 0.29) is 11.6 Å². The van der Waals surface area contributed by atoms with Crippen molar-refractivity contribution in [3.8, 4) is 28.3 Å². The molecule has 8 heteroatoms. The van der Waals surface area contributed by atoms with Crippen LogP contribution in [0.25, 0.3) is 22.3 Å². The molecule has 3 aromatic heterocycles. The zero-order valence-electron chi connectivity index (χ0n) is 20.0. The van der Waals surface area contributed by atoms with Crippen molar-refractivity contribution in [1.29, 1.82) is 0 Å². The third-order valence-electron chi connectivity index (χ3n) is 5.74. The average Bonchev–Trinajstić information content (AvgIpc) is 3.34. The Hall–Kier alpha value is -3.78. The van der Waals surface area contributed by atoms with Crippen LogP contribution in [0.3, 0.4) is 0 Å². The number of rotatable bonds is 9. The molecule has 0 spiro atoms. The van der Waals surface area contributed by atoms with Crippen molar-refractivity contribution in [1.82, 2.24) is 29.2 Å². The predicted molar refractivity (Wildman–Crippen MR) is 133 cm³/mol. The first-order valence-electron chi connectivity index (χ1n) is 11.3. The van der Waals surface area contributed by atoms with Crippen molar-refractivity contribution in [2.24, 2.45) is 7.05 Å². The van der Waals surface area contributed by atoms with Crippen molar-refractivity contribution in [3.63, 3.8) is 0 Å². The Labute approximate surface area is 199 Å². The summed E-state index contributed by atoms with van der Waals surface area (Å²) in [6.07, 6.45) is 9.95. The van der Waals surface area contributed by atoms with E-state index in [9.17, 15) is 4.79 Å². The average molecular weight is 459 g/mol. The number of benzene rings is 1. The summed E-state index contributed by atoms with van der Waals surface area (Å²) in [7, 11) is 5.80. The fourth-order valence-electron chi connectivity index (χ4n) is 3.75. The zero-order valence-corrected chi connectivity index (χ0v) is 20.0. The summed E-state index contributed by atoms with van der Waals surface area (Å²) in [6.45, 7) is 3.59. The van der Waals surface area contributed by atoms with Crippen molar-refractivity contribution in [2.45, 2.75) is 19.4 Å². The maximum Gasteiger partial charge on any atom is 0.316 e. The molecule has 1 unspecified atom stereocenters. The van der Waals surface area contributed by atoms with Gasteiger partial charge in [0.2, 0.25) is 0 Å².